The summed E-state index contributed by atoms with van der Waals surface area (Å²) in [4.78, 5) is 27.2. The fourth-order valence-electron chi connectivity index (χ4n) is 2.97. The minimum absolute atomic E-state index is 0.0248. The number of aldehydes is 1. The number of hydrogen-bond acceptors (Lipinski definition) is 4. The molecule has 2 aromatic carbocycles. The number of carbonyl (C=O) groups excluding carboxylic acids is 2. The average molecular weight is 445 g/mol. The molecule has 0 atom stereocenters. The molecule has 0 aliphatic rings. The highest BCUT2D eigenvalue weighted by Gasteiger charge is 2.30. The molecule has 0 amide bonds. The van der Waals surface area contributed by atoms with Crippen LogP contribution in [0.15, 0.2) is 48.5 Å². The van der Waals surface area contributed by atoms with Gasteiger partial charge >= 0.3 is 12.1 Å². The summed E-state index contributed by atoms with van der Waals surface area (Å²) in [6.45, 7) is 2.35. The fraction of sp³-hybridized carbons (Fsp3) is 0.360. The minimum atomic E-state index is -4.43. The Bertz CT molecular complexity index is 926. The number of hydrogen-bond donors (Lipinski definition) is 0. The second-order valence-corrected chi connectivity index (χ2v) is 7.33. The molecule has 170 valence electrons. The predicted molar refractivity (Wildman–Crippen MR) is 115 cm³/mol. The number of carbonyl (C=O) groups is 2. The summed E-state index contributed by atoms with van der Waals surface area (Å²) in [7, 11) is 0. The van der Waals surface area contributed by atoms with E-state index in [1.54, 1.807) is 0 Å². The van der Waals surface area contributed by atoms with Crippen molar-refractivity contribution in [2.24, 2.45) is 0 Å². The van der Waals surface area contributed by atoms with Crippen LogP contribution >= 0.6 is 0 Å². The summed E-state index contributed by atoms with van der Waals surface area (Å²) in [5.74, 6) is 5.19. The molecule has 32 heavy (non-hydrogen) atoms. The van der Waals surface area contributed by atoms with E-state index < -0.39 is 17.7 Å². The summed E-state index contributed by atoms with van der Waals surface area (Å²) in [6.07, 6.45) is 1.13. The molecule has 0 aliphatic carbocycles. The smallest absolute Gasteiger partial charge is 0.361 e. The molecule has 0 unspecified atom stereocenters. The van der Waals surface area contributed by atoms with Gasteiger partial charge in [0.25, 0.3) is 0 Å². The van der Waals surface area contributed by atoms with Crippen LogP contribution in [-0.4, -0.2) is 17.3 Å². The van der Waals surface area contributed by atoms with Crippen molar-refractivity contribution >= 4 is 12.3 Å². The van der Waals surface area contributed by atoms with Gasteiger partial charge in [0.2, 0.25) is 6.29 Å². The van der Waals surface area contributed by atoms with E-state index >= 15 is 0 Å². The second kappa shape index (κ2) is 12.7. The Balaban J connectivity index is 2.01. The van der Waals surface area contributed by atoms with Gasteiger partial charge < -0.3 is 4.84 Å². The molecule has 2 rings (SSSR count). The molecule has 0 fully saturated rings. The van der Waals surface area contributed by atoms with Crippen LogP contribution in [0.25, 0.3) is 0 Å². The first-order valence-electron chi connectivity index (χ1n) is 10.5. The van der Waals surface area contributed by atoms with Gasteiger partial charge in [0.05, 0.1) is 18.7 Å². The molecule has 0 bridgehead atoms. The van der Waals surface area contributed by atoms with Gasteiger partial charge in [-0.25, -0.2) is 4.79 Å². The summed E-state index contributed by atoms with van der Waals surface area (Å²) < 4.78 is 38.2. The lowest BCUT2D eigenvalue weighted by atomic mass is 10.1. The van der Waals surface area contributed by atoms with Gasteiger partial charge in [-0.05, 0) is 41.8 Å². The summed E-state index contributed by atoms with van der Waals surface area (Å²) in [6, 6.07) is 11.9. The number of nitrogens with zero attached hydrogens (tertiary/aromatic N) is 1. The highest BCUT2D eigenvalue weighted by molar-refractivity contribution is 6.20. The lowest BCUT2D eigenvalue weighted by molar-refractivity contribution is -0.195. The Morgan fingerprint density at radius 1 is 0.969 bits per heavy atom. The van der Waals surface area contributed by atoms with Crippen molar-refractivity contribution < 1.29 is 27.6 Å². The number of rotatable bonds is 10. The Labute approximate surface area is 186 Å². The summed E-state index contributed by atoms with van der Waals surface area (Å²) >= 11 is 0. The van der Waals surface area contributed by atoms with Crippen LogP contribution in [0.1, 0.15) is 61.3 Å². The molecule has 7 heteroatoms. The zero-order valence-electron chi connectivity index (χ0n) is 18.0. The molecule has 2 aromatic rings. The Morgan fingerprint density at radius 2 is 1.56 bits per heavy atom. The van der Waals surface area contributed by atoms with Gasteiger partial charge in [0.1, 0.15) is 0 Å². The highest BCUT2D eigenvalue weighted by atomic mass is 19.4. The Hall–Kier alpha value is -3.11. The van der Waals surface area contributed by atoms with Crippen molar-refractivity contribution in [2.45, 2.75) is 58.3 Å². The van der Waals surface area contributed by atoms with E-state index in [0.717, 1.165) is 36.1 Å². The first kappa shape index (κ1) is 25.2. The van der Waals surface area contributed by atoms with Gasteiger partial charge in [0.15, 0.2) is 0 Å². The second-order valence-electron chi connectivity index (χ2n) is 7.33. The third kappa shape index (κ3) is 8.94. The SMILES string of the molecule is CCCCCCC#Cc1ccc(CN(Cc2ccc(C(F)(F)F)cc2)OC(=O)C=O)cc1. The highest BCUT2D eigenvalue weighted by Crippen LogP contribution is 2.29. The molecule has 0 aliphatic heterocycles. The van der Waals surface area contributed by atoms with E-state index in [2.05, 4.69) is 18.8 Å². The Morgan fingerprint density at radius 3 is 2.09 bits per heavy atom. The van der Waals surface area contributed by atoms with Crippen molar-refractivity contribution in [1.29, 1.82) is 0 Å². The lowest BCUT2D eigenvalue weighted by Gasteiger charge is -2.20. The van der Waals surface area contributed by atoms with Crippen LogP contribution < -0.4 is 0 Å². The van der Waals surface area contributed by atoms with Crippen LogP contribution in [0.5, 0.6) is 0 Å². The molecule has 0 heterocycles. The van der Waals surface area contributed by atoms with Gasteiger partial charge in [-0.15, -0.1) is 5.06 Å². The van der Waals surface area contributed by atoms with Gasteiger partial charge in [-0.1, -0.05) is 62.3 Å². The maximum atomic E-state index is 12.7. The van der Waals surface area contributed by atoms with E-state index in [4.69, 9.17) is 4.84 Å². The molecule has 0 aromatic heterocycles. The largest absolute Gasteiger partial charge is 0.416 e. The van der Waals surface area contributed by atoms with Crippen LogP contribution in [-0.2, 0) is 33.7 Å². The van der Waals surface area contributed by atoms with Crippen LogP contribution in [0, 0.1) is 11.8 Å². The van der Waals surface area contributed by atoms with Gasteiger partial charge in [-0.2, -0.15) is 13.2 Å². The van der Waals surface area contributed by atoms with Crippen LogP contribution in [0.3, 0.4) is 0 Å². The third-order valence-electron chi connectivity index (χ3n) is 4.66. The number of benzene rings is 2. The average Bonchev–Trinajstić information content (AvgIpc) is 2.77. The summed E-state index contributed by atoms with van der Waals surface area (Å²) in [5, 5.41) is 1.23. The van der Waals surface area contributed by atoms with Crippen molar-refractivity contribution in [3.63, 3.8) is 0 Å². The number of hydroxylamine groups is 2. The number of unbranched alkanes of at least 4 members (excludes halogenated alkanes) is 4. The topological polar surface area (TPSA) is 46.6 Å². The van der Waals surface area contributed by atoms with Gasteiger partial charge in [-0.3, -0.25) is 4.79 Å². The van der Waals surface area contributed by atoms with E-state index in [1.165, 1.54) is 36.5 Å². The fourth-order valence-corrected chi connectivity index (χ4v) is 2.97. The molecular weight excluding hydrogens is 419 g/mol. The third-order valence-corrected chi connectivity index (χ3v) is 4.66. The molecule has 4 nitrogen and oxygen atoms in total. The lowest BCUT2D eigenvalue weighted by Crippen LogP contribution is -2.27. The monoisotopic (exact) mass is 445 g/mol. The van der Waals surface area contributed by atoms with Crippen LogP contribution in [0.2, 0.25) is 0 Å². The predicted octanol–water partition coefficient (Wildman–Crippen LogP) is 5.69. The number of halogens is 3. The van der Waals surface area contributed by atoms with E-state index in [1.807, 2.05) is 24.3 Å². The maximum Gasteiger partial charge on any atom is 0.416 e. The number of alkyl halides is 3. The van der Waals surface area contributed by atoms with E-state index in [-0.39, 0.29) is 19.4 Å². The molecule has 0 saturated heterocycles. The molecule has 0 saturated carbocycles. The first-order valence-corrected chi connectivity index (χ1v) is 10.5. The van der Waals surface area contributed by atoms with E-state index in [0.29, 0.717) is 5.56 Å². The Kier molecular flexibility index (Phi) is 9.96. The first-order chi connectivity index (χ1) is 15.3. The maximum absolute atomic E-state index is 12.7. The van der Waals surface area contributed by atoms with Gasteiger partial charge in [0, 0.05) is 12.0 Å². The molecule has 0 spiro atoms. The zero-order chi connectivity index (χ0) is 23.4. The zero-order valence-corrected chi connectivity index (χ0v) is 18.0. The molecule has 0 N–H and O–H groups in total. The van der Waals surface area contributed by atoms with Crippen molar-refractivity contribution in [3.8, 4) is 11.8 Å². The molecule has 0 radical (unpaired) electrons. The standard InChI is InChI=1S/C25H26F3NO3/c1-2-3-4-5-6-7-8-20-9-11-21(12-10-20)17-29(32-24(31)19-30)18-22-13-15-23(16-14-22)25(26,27)28/h9-16,19H,2-6,17-18H2,1H3. The van der Waals surface area contributed by atoms with E-state index in [9.17, 15) is 22.8 Å². The van der Waals surface area contributed by atoms with Crippen LogP contribution in [0.4, 0.5) is 13.2 Å². The summed E-state index contributed by atoms with van der Waals surface area (Å²) in [5.41, 5.74) is 1.40. The quantitative estimate of drug-likeness (QED) is 0.155. The van der Waals surface area contributed by atoms with Crippen molar-refractivity contribution in [3.05, 3.63) is 70.8 Å². The van der Waals surface area contributed by atoms with Crippen molar-refractivity contribution in [1.82, 2.24) is 5.06 Å². The normalized spacial score (nSPS) is 11.0. The van der Waals surface area contributed by atoms with Crippen molar-refractivity contribution in [2.75, 3.05) is 0 Å². The minimum Gasteiger partial charge on any atom is -0.361 e. The molecular formula is C25H26F3NO3.